The van der Waals surface area contributed by atoms with E-state index < -0.39 is 11.7 Å². The van der Waals surface area contributed by atoms with Crippen molar-refractivity contribution in [1.82, 2.24) is 0 Å². The fraction of sp³-hybridized carbons (Fsp3) is 0.259. The van der Waals surface area contributed by atoms with Crippen LogP contribution in [0.2, 0.25) is 5.02 Å². The molecule has 8 heteroatoms. The molecule has 0 aromatic heterocycles. The summed E-state index contributed by atoms with van der Waals surface area (Å²) in [6.07, 6.45) is 6.26. The lowest BCUT2D eigenvalue weighted by molar-refractivity contribution is 0.102. The van der Waals surface area contributed by atoms with Gasteiger partial charge in [0.2, 0.25) is 0 Å². The molecule has 3 aromatic carbocycles. The Morgan fingerprint density at radius 3 is 2.17 bits per heavy atom. The predicted octanol–water partition coefficient (Wildman–Crippen LogP) is 7.31. The number of nitrogens with zero attached hydrogens (tertiary/aromatic N) is 1. The minimum atomic E-state index is -0.562. The Bertz CT molecular complexity index is 1200. The Kier molecular flexibility index (Phi) is 8.21. The number of hydrogen-bond donors (Lipinski definition) is 3. The van der Waals surface area contributed by atoms with Crippen LogP contribution >= 0.6 is 23.8 Å². The first-order chi connectivity index (χ1) is 16.9. The van der Waals surface area contributed by atoms with Gasteiger partial charge in [-0.15, -0.1) is 0 Å². The third-order valence-electron chi connectivity index (χ3n) is 6.23. The number of carbonyl (C=O) groups excluding carboxylic acids is 1. The number of nitrogens with one attached hydrogen (secondary N) is 3. The normalized spacial score (nSPS) is 13.7. The van der Waals surface area contributed by atoms with Crippen LogP contribution in [-0.4, -0.2) is 24.1 Å². The van der Waals surface area contributed by atoms with Crippen LogP contribution in [0.25, 0.3) is 0 Å². The van der Waals surface area contributed by atoms with E-state index >= 15 is 0 Å². The smallest absolute Gasteiger partial charge is 0.258 e. The molecule has 0 bridgehead atoms. The first-order valence-corrected chi connectivity index (χ1v) is 12.5. The van der Waals surface area contributed by atoms with Crippen molar-refractivity contribution in [3.63, 3.8) is 0 Å². The second-order valence-corrected chi connectivity index (χ2v) is 9.47. The van der Waals surface area contributed by atoms with Crippen LogP contribution in [0.1, 0.15) is 42.5 Å². The number of hydrogen-bond acceptors (Lipinski definition) is 3. The molecule has 1 aliphatic rings. The van der Waals surface area contributed by atoms with E-state index in [1.807, 2.05) is 18.2 Å². The van der Waals surface area contributed by atoms with Gasteiger partial charge in [0, 0.05) is 30.2 Å². The van der Waals surface area contributed by atoms with Crippen LogP contribution in [0.3, 0.4) is 0 Å². The van der Waals surface area contributed by atoms with Crippen LogP contribution < -0.4 is 20.9 Å². The lowest BCUT2D eigenvalue weighted by Crippen LogP contribution is -2.33. The zero-order valence-electron chi connectivity index (χ0n) is 19.5. The molecule has 0 spiro atoms. The SMILES string of the molecule is CN(c1ccc(NC(=S)Nc2ccc(NC(=O)c3ccccc3F)cc2)cc1Cl)C1CCCCC1. The standard InChI is InChI=1S/C27H28ClFN4OS/c1-33(21-7-3-2-4-8-21)25-16-15-20(17-23(25)28)32-27(35)31-19-13-11-18(12-14-19)30-26(34)22-9-5-6-10-24(22)29/h5-6,9-17,21H,2-4,7-8H2,1H3,(H,30,34)(H2,31,32,35). The van der Waals surface area contributed by atoms with Gasteiger partial charge in [-0.2, -0.15) is 0 Å². The molecule has 4 rings (SSSR count). The van der Waals surface area contributed by atoms with E-state index in [1.165, 1.54) is 44.2 Å². The van der Waals surface area contributed by atoms with Crippen LogP contribution in [0.4, 0.5) is 27.1 Å². The number of amides is 1. The van der Waals surface area contributed by atoms with Gasteiger partial charge in [-0.05, 0) is 79.7 Å². The summed E-state index contributed by atoms with van der Waals surface area (Å²) in [5.41, 5.74) is 3.10. The minimum Gasteiger partial charge on any atom is -0.370 e. The second-order valence-electron chi connectivity index (χ2n) is 8.66. The molecule has 1 aliphatic carbocycles. The van der Waals surface area contributed by atoms with Crippen molar-refractivity contribution >= 4 is 57.6 Å². The Balaban J connectivity index is 1.32. The quantitative estimate of drug-likeness (QED) is 0.303. The fourth-order valence-corrected chi connectivity index (χ4v) is 4.86. The van der Waals surface area contributed by atoms with E-state index in [4.69, 9.17) is 23.8 Å². The third-order valence-corrected chi connectivity index (χ3v) is 6.73. The van der Waals surface area contributed by atoms with Crippen molar-refractivity contribution in [2.75, 3.05) is 27.9 Å². The van der Waals surface area contributed by atoms with Crippen molar-refractivity contribution in [3.8, 4) is 0 Å². The van der Waals surface area contributed by atoms with Gasteiger partial charge in [-0.25, -0.2) is 4.39 Å². The summed E-state index contributed by atoms with van der Waals surface area (Å²) in [6, 6.07) is 19.3. The Hall–Kier alpha value is -3.16. The Labute approximate surface area is 215 Å². The van der Waals surface area contributed by atoms with E-state index in [2.05, 4.69) is 27.9 Å². The topological polar surface area (TPSA) is 56.4 Å². The number of benzene rings is 3. The first-order valence-electron chi connectivity index (χ1n) is 11.7. The van der Waals surface area contributed by atoms with E-state index in [0.29, 0.717) is 21.9 Å². The van der Waals surface area contributed by atoms with Gasteiger partial charge in [-0.3, -0.25) is 4.79 Å². The zero-order valence-corrected chi connectivity index (χ0v) is 21.1. The zero-order chi connectivity index (χ0) is 24.8. The van der Waals surface area contributed by atoms with Gasteiger partial charge in [0.1, 0.15) is 5.82 Å². The number of carbonyl (C=O) groups is 1. The minimum absolute atomic E-state index is 0.00491. The van der Waals surface area contributed by atoms with Crippen LogP contribution in [0, 0.1) is 5.82 Å². The molecule has 1 amide bonds. The molecule has 3 N–H and O–H groups in total. The average molecular weight is 511 g/mol. The van der Waals surface area contributed by atoms with Crippen LogP contribution in [0.5, 0.6) is 0 Å². The van der Waals surface area contributed by atoms with Crippen LogP contribution in [0.15, 0.2) is 66.7 Å². The summed E-state index contributed by atoms with van der Waals surface area (Å²) in [6.45, 7) is 0. The Morgan fingerprint density at radius 2 is 1.51 bits per heavy atom. The molecule has 0 unspecified atom stereocenters. The first kappa shape index (κ1) is 24.9. The van der Waals surface area contributed by atoms with Crippen molar-refractivity contribution in [2.45, 2.75) is 38.1 Å². The monoisotopic (exact) mass is 510 g/mol. The fourth-order valence-electron chi connectivity index (χ4n) is 4.31. The lowest BCUT2D eigenvalue weighted by Gasteiger charge is -2.33. The number of halogens is 2. The number of anilines is 4. The summed E-state index contributed by atoms with van der Waals surface area (Å²) in [5, 5.41) is 10.1. The maximum absolute atomic E-state index is 13.8. The Morgan fingerprint density at radius 1 is 0.914 bits per heavy atom. The van der Waals surface area contributed by atoms with Gasteiger partial charge in [0.15, 0.2) is 5.11 Å². The van der Waals surface area contributed by atoms with Gasteiger partial charge >= 0.3 is 0 Å². The van der Waals surface area contributed by atoms with Gasteiger partial charge in [-0.1, -0.05) is 43.0 Å². The average Bonchev–Trinajstić information content (AvgIpc) is 2.85. The molecule has 5 nitrogen and oxygen atoms in total. The molecular formula is C27H28ClFN4OS. The van der Waals surface area contributed by atoms with E-state index in [-0.39, 0.29) is 5.56 Å². The molecule has 0 saturated heterocycles. The van der Waals surface area contributed by atoms with Gasteiger partial charge < -0.3 is 20.9 Å². The molecule has 0 aliphatic heterocycles. The molecule has 35 heavy (non-hydrogen) atoms. The molecule has 0 heterocycles. The maximum atomic E-state index is 13.8. The lowest BCUT2D eigenvalue weighted by atomic mass is 9.94. The summed E-state index contributed by atoms with van der Waals surface area (Å²) in [4.78, 5) is 14.6. The molecule has 182 valence electrons. The highest BCUT2D eigenvalue weighted by molar-refractivity contribution is 7.80. The number of thiocarbonyl (C=S) groups is 1. The maximum Gasteiger partial charge on any atom is 0.258 e. The van der Waals surface area contributed by atoms with Crippen molar-refractivity contribution in [3.05, 3.63) is 83.1 Å². The third kappa shape index (κ3) is 6.50. The number of rotatable bonds is 6. The van der Waals surface area contributed by atoms with E-state index in [0.717, 1.165) is 17.1 Å². The molecule has 0 radical (unpaired) electrons. The molecule has 0 atom stereocenters. The summed E-state index contributed by atoms with van der Waals surface area (Å²) < 4.78 is 13.8. The van der Waals surface area contributed by atoms with Gasteiger partial charge in [0.25, 0.3) is 5.91 Å². The molecule has 1 saturated carbocycles. The van der Waals surface area contributed by atoms with Crippen molar-refractivity contribution < 1.29 is 9.18 Å². The van der Waals surface area contributed by atoms with Gasteiger partial charge in [0.05, 0.1) is 16.3 Å². The highest BCUT2D eigenvalue weighted by Gasteiger charge is 2.20. The molecule has 1 fully saturated rings. The molecule has 3 aromatic rings. The largest absolute Gasteiger partial charge is 0.370 e. The van der Waals surface area contributed by atoms with E-state index in [1.54, 1.807) is 36.4 Å². The second kappa shape index (κ2) is 11.5. The summed E-state index contributed by atoms with van der Waals surface area (Å²) >= 11 is 12.0. The predicted molar refractivity (Wildman–Crippen MR) is 147 cm³/mol. The molecular weight excluding hydrogens is 483 g/mol. The van der Waals surface area contributed by atoms with Crippen LogP contribution in [-0.2, 0) is 0 Å². The highest BCUT2D eigenvalue weighted by Crippen LogP contribution is 2.33. The van der Waals surface area contributed by atoms with Crippen molar-refractivity contribution in [1.29, 1.82) is 0 Å². The van der Waals surface area contributed by atoms with E-state index in [9.17, 15) is 9.18 Å². The highest BCUT2D eigenvalue weighted by atomic mass is 35.5. The summed E-state index contributed by atoms with van der Waals surface area (Å²) in [5.74, 6) is -1.07. The summed E-state index contributed by atoms with van der Waals surface area (Å²) in [7, 11) is 2.11. The van der Waals surface area contributed by atoms with Crippen molar-refractivity contribution in [2.24, 2.45) is 0 Å².